The Balaban J connectivity index is 0.00000108. The molecular formula is C8H4Cl2N4O2S. The van der Waals surface area contributed by atoms with Crippen molar-refractivity contribution in [3.05, 3.63) is 32.2 Å². The zero-order valence-electron chi connectivity index (χ0n) is 7.98. The second-order valence-corrected chi connectivity index (χ2v) is 4.45. The molecule has 3 heterocycles. The van der Waals surface area contributed by atoms with E-state index in [4.69, 9.17) is 11.6 Å². The van der Waals surface area contributed by atoms with E-state index in [2.05, 4.69) is 19.9 Å². The summed E-state index contributed by atoms with van der Waals surface area (Å²) >= 11 is 6.87. The van der Waals surface area contributed by atoms with E-state index in [1.54, 1.807) is 0 Å². The summed E-state index contributed by atoms with van der Waals surface area (Å²) in [5.74, 6) is 0. The largest absolute Gasteiger partial charge is 0.326 e. The summed E-state index contributed by atoms with van der Waals surface area (Å²) in [4.78, 5) is 35.9. The molecule has 0 aliphatic heterocycles. The first-order chi connectivity index (χ1) is 7.65. The van der Waals surface area contributed by atoms with Crippen LogP contribution in [0.2, 0.25) is 5.15 Å². The van der Waals surface area contributed by atoms with Gasteiger partial charge in [0.2, 0.25) is 0 Å². The minimum absolute atomic E-state index is 0. The highest BCUT2D eigenvalue weighted by molar-refractivity contribution is 7.25. The van der Waals surface area contributed by atoms with Crippen molar-refractivity contribution in [3.63, 3.8) is 0 Å². The van der Waals surface area contributed by atoms with Crippen LogP contribution in [-0.4, -0.2) is 19.9 Å². The number of H-pyrrole nitrogens is 2. The van der Waals surface area contributed by atoms with Crippen LogP contribution in [-0.2, 0) is 0 Å². The molecule has 0 spiro atoms. The van der Waals surface area contributed by atoms with E-state index < -0.39 is 11.2 Å². The molecule has 0 bridgehead atoms. The summed E-state index contributed by atoms with van der Waals surface area (Å²) in [5.41, 5.74) is -0.196. The number of aromatic nitrogens is 4. The van der Waals surface area contributed by atoms with E-state index in [-0.39, 0.29) is 17.6 Å². The van der Waals surface area contributed by atoms with Crippen LogP contribution in [0.15, 0.2) is 15.8 Å². The zero-order chi connectivity index (χ0) is 11.3. The molecule has 3 rings (SSSR count). The normalized spacial score (nSPS) is 10.6. The molecule has 0 aliphatic rings. The first kappa shape index (κ1) is 12.0. The summed E-state index contributed by atoms with van der Waals surface area (Å²) in [7, 11) is 0. The molecular weight excluding hydrogens is 287 g/mol. The lowest BCUT2D eigenvalue weighted by Crippen LogP contribution is -2.20. The van der Waals surface area contributed by atoms with Crippen molar-refractivity contribution >= 4 is 55.9 Å². The SMILES string of the molecule is Cl.O=c1[nH]c(=O)c2sc3ncc(Cl)nc3c2[nH]1. The smallest absolute Gasteiger partial charge is 0.304 e. The third-order valence-electron chi connectivity index (χ3n) is 2.04. The zero-order valence-corrected chi connectivity index (χ0v) is 10.4. The molecule has 0 fully saturated rings. The molecule has 0 unspecified atom stereocenters. The van der Waals surface area contributed by atoms with Crippen molar-refractivity contribution < 1.29 is 0 Å². The monoisotopic (exact) mass is 290 g/mol. The molecule has 17 heavy (non-hydrogen) atoms. The molecule has 88 valence electrons. The minimum atomic E-state index is -0.570. The van der Waals surface area contributed by atoms with Gasteiger partial charge in [0, 0.05) is 0 Å². The number of nitrogens with zero attached hydrogens (tertiary/aromatic N) is 2. The van der Waals surface area contributed by atoms with E-state index in [1.165, 1.54) is 6.20 Å². The van der Waals surface area contributed by atoms with Crippen LogP contribution in [0.25, 0.3) is 20.6 Å². The van der Waals surface area contributed by atoms with Gasteiger partial charge in [0.1, 0.15) is 20.2 Å². The van der Waals surface area contributed by atoms with Crippen molar-refractivity contribution in [2.24, 2.45) is 0 Å². The van der Waals surface area contributed by atoms with Crippen LogP contribution >= 0.6 is 35.3 Å². The summed E-state index contributed by atoms with van der Waals surface area (Å²) < 4.78 is 0.386. The molecule has 0 amide bonds. The van der Waals surface area contributed by atoms with Crippen molar-refractivity contribution in [2.45, 2.75) is 0 Å². The highest BCUT2D eigenvalue weighted by atomic mass is 35.5. The van der Waals surface area contributed by atoms with E-state index in [1.807, 2.05) is 0 Å². The van der Waals surface area contributed by atoms with E-state index in [0.29, 0.717) is 20.6 Å². The fraction of sp³-hybridized carbons (Fsp3) is 0. The standard InChI is InChI=1S/C8H3ClN4O2S.ClH/c9-2-1-10-7-4(11-2)3-5(16-7)6(14)13-8(15)12-3;/h1H,(H2,12,13,14,15);1H. The number of thiophene rings is 1. The van der Waals surface area contributed by atoms with Gasteiger partial charge in [-0.1, -0.05) is 11.6 Å². The maximum absolute atomic E-state index is 11.5. The Bertz CT molecular complexity index is 822. The second-order valence-electron chi connectivity index (χ2n) is 3.06. The molecule has 2 N–H and O–H groups in total. The second kappa shape index (κ2) is 4.10. The fourth-order valence-electron chi connectivity index (χ4n) is 1.43. The summed E-state index contributed by atoms with van der Waals surface area (Å²) in [6, 6.07) is 0. The van der Waals surface area contributed by atoms with Crippen LogP contribution < -0.4 is 11.2 Å². The van der Waals surface area contributed by atoms with Gasteiger partial charge in [-0.2, -0.15) is 0 Å². The first-order valence-corrected chi connectivity index (χ1v) is 5.42. The lowest BCUT2D eigenvalue weighted by atomic mass is 10.4. The van der Waals surface area contributed by atoms with Crippen molar-refractivity contribution in [2.75, 3.05) is 0 Å². The van der Waals surface area contributed by atoms with Crippen molar-refractivity contribution in [1.82, 2.24) is 19.9 Å². The minimum Gasteiger partial charge on any atom is -0.304 e. The van der Waals surface area contributed by atoms with Crippen LogP contribution in [0.3, 0.4) is 0 Å². The number of nitrogens with one attached hydrogen (secondary N) is 2. The Morgan fingerprint density at radius 1 is 1.29 bits per heavy atom. The molecule has 0 atom stereocenters. The lowest BCUT2D eigenvalue weighted by molar-refractivity contribution is 1.09. The van der Waals surface area contributed by atoms with E-state index >= 15 is 0 Å². The topological polar surface area (TPSA) is 91.5 Å². The van der Waals surface area contributed by atoms with Crippen LogP contribution in [0, 0.1) is 0 Å². The average molecular weight is 291 g/mol. The summed E-state index contributed by atoms with van der Waals surface area (Å²) in [5, 5.41) is 0.216. The Kier molecular flexibility index (Phi) is 2.90. The van der Waals surface area contributed by atoms with Gasteiger partial charge in [-0.3, -0.25) is 9.78 Å². The number of hydrogen-bond donors (Lipinski definition) is 2. The number of aromatic amines is 2. The molecule has 9 heteroatoms. The van der Waals surface area contributed by atoms with Crippen LogP contribution in [0.5, 0.6) is 0 Å². The molecule has 0 aliphatic carbocycles. The third kappa shape index (κ3) is 1.82. The first-order valence-electron chi connectivity index (χ1n) is 4.22. The molecule has 3 aromatic heterocycles. The molecule has 0 saturated heterocycles. The lowest BCUT2D eigenvalue weighted by Gasteiger charge is -1.90. The van der Waals surface area contributed by atoms with Crippen molar-refractivity contribution in [1.29, 1.82) is 0 Å². The Labute approximate surface area is 108 Å². The van der Waals surface area contributed by atoms with Gasteiger partial charge >= 0.3 is 5.69 Å². The van der Waals surface area contributed by atoms with Gasteiger partial charge in [-0.05, 0) is 0 Å². The Morgan fingerprint density at radius 3 is 2.82 bits per heavy atom. The number of fused-ring (bicyclic) bond motifs is 3. The maximum atomic E-state index is 11.5. The van der Waals surface area contributed by atoms with E-state index in [9.17, 15) is 9.59 Å². The number of halogens is 2. The number of hydrogen-bond acceptors (Lipinski definition) is 5. The molecule has 0 radical (unpaired) electrons. The van der Waals surface area contributed by atoms with Gasteiger partial charge < -0.3 is 4.98 Å². The summed E-state index contributed by atoms with van der Waals surface area (Å²) in [6.07, 6.45) is 1.39. The molecule has 3 aromatic rings. The van der Waals surface area contributed by atoms with Gasteiger partial charge in [0.15, 0.2) is 0 Å². The van der Waals surface area contributed by atoms with Gasteiger partial charge in [0.05, 0.1) is 11.7 Å². The molecule has 6 nitrogen and oxygen atoms in total. The maximum Gasteiger partial charge on any atom is 0.326 e. The van der Waals surface area contributed by atoms with Gasteiger partial charge in [-0.15, -0.1) is 23.7 Å². The highest BCUT2D eigenvalue weighted by Crippen LogP contribution is 2.26. The van der Waals surface area contributed by atoms with Crippen LogP contribution in [0.1, 0.15) is 0 Å². The predicted molar refractivity (Wildman–Crippen MR) is 68.4 cm³/mol. The molecule has 0 aromatic carbocycles. The molecule has 0 saturated carbocycles. The summed E-state index contributed by atoms with van der Waals surface area (Å²) in [6.45, 7) is 0. The van der Waals surface area contributed by atoms with Crippen molar-refractivity contribution in [3.8, 4) is 0 Å². The average Bonchev–Trinajstić information content (AvgIpc) is 2.57. The van der Waals surface area contributed by atoms with Gasteiger partial charge in [-0.25, -0.2) is 14.8 Å². The quantitative estimate of drug-likeness (QED) is 0.653. The Hall–Kier alpha value is -1.44. The van der Waals surface area contributed by atoms with Crippen LogP contribution in [0.4, 0.5) is 0 Å². The van der Waals surface area contributed by atoms with E-state index in [0.717, 1.165) is 11.3 Å². The Morgan fingerprint density at radius 2 is 2.06 bits per heavy atom. The predicted octanol–water partition coefficient (Wildman–Crippen LogP) is 1.30. The third-order valence-corrected chi connectivity index (χ3v) is 3.31. The highest BCUT2D eigenvalue weighted by Gasteiger charge is 2.11. The number of rotatable bonds is 0. The fourth-order valence-corrected chi connectivity index (χ4v) is 2.50. The van der Waals surface area contributed by atoms with Gasteiger partial charge in [0.25, 0.3) is 5.56 Å².